The molecule has 0 radical (unpaired) electrons. The molecule has 0 bridgehead atoms. The summed E-state index contributed by atoms with van der Waals surface area (Å²) < 4.78 is 6.95. The molecule has 0 atom stereocenters. The van der Waals surface area contributed by atoms with Gasteiger partial charge in [-0.1, -0.05) is 5.16 Å². The van der Waals surface area contributed by atoms with Gasteiger partial charge in [-0.25, -0.2) is 0 Å². The molecule has 0 aliphatic rings. The van der Waals surface area contributed by atoms with Crippen LogP contribution >= 0.6 is 0 Å². The van der Waals surface area contributed by atoms with Crippen molar-refractivity contribution in [2.45, 2.75) is 47.1 Å². The van der Waals surface area contributed by atoms with Crippen molar-refractivity contribution in [3.8, 4) is 5.82 Å². The van der Waals surface area contributed by atoms with Gasteiger partial charge in [-0.05, 0) is 47.6 Å². The van der Waals surface area contributed by atoms with Crippen molar-refractivity contribution in [1.82, 2.24) is 20.4 Å². The van der Waals surface area contributed by atoms with Gasteiger partial charge in [0, 0.05) is 23.0 Å². The molecule has 2 N–H and O–H groups in total. The van der Waals surface area contributed by atoms with E-state index in [1.807, 2.05) is 46.1 Å². The Balaban J connectivity index is 2.12. The Morgan fingerprint density at radius 1 is 1.21 bits per heavy atom. The predicted molar refractivity (Wildman–Crippen MR) is 90.3 cm³/mol. The zero-order valence-electron chi connectivity index (χ0n) is 15.0. The fourth-order valence-electron chi connectivity index (χ4n) is 2.52. The molecule has 24 heavy (non-hydrogen) atoms. The molecule has 0 aliphatic carbocycles. The molecule has 7 heteroatoms. The highest BCUT2D eigenvalue weighted by atomic mass is 16.5. The molecule has 2 aromatic rings. The van der Waals surface area contributed by atoms with Gasteiger partial charge in [-0.15, -0.1) is 0 Å². The number of rotatable bonds is 4. The maximum atomic E-state index is 12.4. The largest absolute Gasteiger partial charge is 0.360 e. The smallest absolute Gasteiger partial charge is 0.253 e. The number of amides is 2. The number of hydrogen-bond acceptors (Lipinski definition) is 4. The Hall–Kier alpha value is -2.57. The van der Waals surface area contributed by atoms with E-state index >= 15 is 0 Å². The lowest BCUT2D eigenvalue weighted by atomic mass is 10.1. The van der Waals surface area contributed by atoms with Gasteiger partial charge < -0.3 is 15.2 Å². The Kier molecular flexibility index (Phi) is 4.82. The second kappa shape index (κ2) is 6.51. The first-order valence-electron chi connectivity index (χ1n) is 7.80. The third-order valence-corrected chi connectivity index (χ3v) is 3.44. The van der Waals surface area contributed by atoms with Crippen LogP contribution in [0, 0.1) is 20.8 Å². The maximum absolute atomic E-state index is 12.4. The average Bonchev–Trinajstić information content (AvgIpc) is 2.98. The molecule has 7 nitrogen and oxygen atoms in total. The highest BCUT2D eigenvalue weighted by Gasteiger charge is 2.20. The van der Waals surface area contributed by atoms with Crippen molar-refractivity contribution in [2.24, 2.45) is 0 Å². The second-order valence-corrected chi connectivity index (χ2v) is 6.90. The van der Waals surface area contributed by atoms with Gasteiger partial charge in [0.25, 0.3) is 5.91 Å². The first-order chi connectivity index (χ1) is 11.1. The van der Waals surface area contributed by atoms with Crippen LogP contribution in [-0.4, -0.2) is 33.6 Å². The van der Waals surface area contributed by atoms with Crippen molar-refractivity contribution < 1.29 is 14.1 Å². The van der Waals surface area contributed by atoms with Crippen molar-refractivity contribution in [3.05, 3.63) is 34.8 Å². The summed E-state index contributed by atoms with van der Waals surface area (Å²) in [4.78, 5) is 24.2. The van der Waals surface area contributed by atoms with Gasteiger partial charge in [-0.3, -0.25) is 14.2 Å². The molecule has 0 saturated carbocycles. The normalized spacial score (nSPS) is 11.4. The third kappa shape index (κ3) is 4.04. The number of aryl methyl sites for hydroxylation is 2. The molecule has 130 valence electrons. The van der Waals surface area contributed by atoms with E-state index in [0.29, 0.717) is 17.1 Å². The average molecular weight is 332 g/mol. The van der Waals surface area contributed by atoms with Gasteiger partial charge in [0.05, 0.1) is 12.1 Å². The van der Waals surface area contributed by atoms with Crippen LogP contribution in [0.25, 0.3) is 5.82 Å². The lowest BCUT2D eigenvalue weighted by molar-refractivity contribution is -0.121. The van der Waals surface area contributed by atoms with E-state index in [-0.39, 0.29) is 23.9 Å². The zero-order valence-corrected chi connectivity index (χ0v) is 15.0. The van der Waals surface area contributed by atoms with E-state index in [9.17, 15) is 9.59 Å². The first kappa shape index (κ1) is 17.8. The molecule has 2 aromatic heterocycles. The fourth-order valence-corrected chi connectivity index (χ4v) is 2.52. The molecule has 0 unspecified atom stereocenters. The molecule has 0 spiro atoms. The fraction of sp³-hybridized carbons (Fsp3) is 0.471. The highest BCUT2D eigenvalue weighted by molar-refractivity contribution is 5.97. The van der Waals surface area contributed by atoms with Crippen LogP contribution < -0.4 is 10.6 Å². The summed E-state index contributed by atoms with van der Waals surface area (Å²) in [7, 11) is 0. The molecule has 2 amide bonds. The molecule has 0 saturated heterocycles. The molecule has 0 aromatic carbocycles. The van der Waals surface area contributed by atoms with E-state index in [1.54, 1.807) is 12.1 Å². The van der Waals surface area contributed by atoms with E-state index in [1.165, 1.54) is 0 Å². The SMILES string of the molecule is Cc1cc(-n2c(C)cc(C(=O)NCC(=O)NC(C)(C)C)c2C)no1. The van der Waals surface area contributed by atoms with Crippen LogP contribution in [0.3, 0.4) is 0 Å². The number of carbonyl (C=O) groups is 2. The number of hydrogen-bond donors (Lipinski definition) is 2. The van der Waals surface area contributed by atoms with E-state index < -0.39 is 0 Å². The summed E-state index contributed by atoms with van der Waals surface area (Å²) in [5.41, 5.74) is 1.79. The molecular formula is C17H24N4O3. The zero-order chi connectivity index (χ0) is 18.1. The number of aromatic nitrogens is 2. The number of carbonyl (C=O) groups excluding carboxylic acids is 2. The number of nitrogens with zero attached hydrogens (tertiary/aromatic N) is 2. The molecule has 0 fully saturated rings. The summed E-state index contributed by atoms with van der Waals surface area (Å²) in [6, 6.07) is 3.58. The predicted octanol–water partition coefficient (Wildman–Crippen LogP) is 2.04. The monoisotopic (exact) mass is 332 g/mol. The molecular weight excluding hydrogens is 308 g/mol. The molecule has 2 rings (SSSR count). The topological polar surface area (TPSA) is 89.2 Å². The van der Waals surface area contributed by atoms with Crippen LogP contribution in [0.1, 0.15) is 48.3 Å². The Labute approximate surface area is 141 Å². The maximum Gasteiger partial charge on any atom is 0.253 e. The van der Waals surface area contributed by atoms with Crippen LogP contribution in [0.5, 0.6) is 0 Å². The third-order valence-electron chi connectivity index (χ3n) is 3.44. The standard InChI is InChI=1S/C17H24N4O3/c1-10-7-13(12(3)21(10)14-8-11(2)24-20-14)16(23)18-9-15(22)19-17(4,5)6/h7-8H,9H2,1-6H3,(H,18,23)(H,19,22). The highest BCUT2D eigenvalue weighted by Crippen LogP contribution is 2.20. The molecule has 2 heterocycles. The van der Waals surface area contributed by atoms with E-state index in [2.05, 4.69) is 15.8 Å². The first-order valence-corrected chi connectivity index (χ1v) is 7.80. The minimum atomic E-state index is -0.331. The van der Waals surface area contributed by atoms with Gasteiger partial charge in [-0.2, -0.15) is 0 Å². The van der Waals surface area contributed by atoms with Gasteiger partial charge in [0.2, 0.25) is 5.91 Å². The van der Waals surface area contributed by atoms with Crippen molar-refractivity contribution in [1.29, 1.82) is 0 Å². The van der Waals surface area contributed by atoms with Crippen LogP contribution in [0.15, 0.2) is 16.7 Å². The Bertz CT molecular complexity index is 765. The van der Waals surface area contributed by atoms with Crippen molar-refractivity contribution in [3.63, 3.8) is 0 Å². The summed E-state index contributed by atoms with van der Waals surface area (Å²) in [5, 5.41) is 9.44. The minimum absolute atomic E-state index is 0.0666. The van der Waals surface area contributed by atoms with Gasteiger partial charge in [0.15, 0.2) is 5.82 Å². The summed E-state index contributed by atoms with van der Waals surface area (Å²) in [6.45, 7) is 11.1. The second-order valence-electron chi connectivity index (χ2n) is 6.90. The van der Waals surface area contributed by atoms with E-state index in [0.717, 1.165) is 11.4 Å². The van der Waals surface area contributed by atoms with Gasteiger partial charge >= 0.3 is 0 Å². The van der Waals surface area contributed by atoms with Crippen LogP contribution in [0.2, 0.25) is 0 Å². The number of nitrogens with one attached hydrogen (secondary N) is 2. The van der Waals surface area contributed by atoms with Crippen molar-refractivity contribution >= 4 is 11.8 Å². The lowest BCUT2D eigenvalue weighted by Gasteiger charge is -2.20. The van der Waals surface area contributed by atoms with Gasteiger partial charge in [0.1, 0.15) is 5.76 Å². The summed E-state index contributed by atoms with van der Waals surface area (Å²) in [5.74, 6) is 0.810. The summed E-state index contributed by atoms with van der Waals surface area (Å²) in [6.07, 6.45) is 0. The minimum Gasteiger partial charge on any atom is -0.360 e. The quantitative estimate of drug-likeness (QED) is 0.896. The van der Waals surface area contributed by atoms with E-state index in [4.69, 9.17) is 4.52 Å². The Morgan fingerprint density at radius 2 is 1.88 bits per heavy atom. The van der Waals surface area contributed by atoms with Crippen LogP contribution in [0.4, 0.5) is 0 Å². The summed E-state index contributed by atoms with van der Waals surface area (Å²) >= 11 is 0. The molecule has 0 aliphatic heterocycles. The Morgan fingerprint density at radius 3 is 2.42 bits per heavy atom. The van der Waals surface area contributed by atoms with Crippen LogP contribution in [-0.2, 0) is 4.79 Å². The lowest BCUT2D eigenvalue weighted by Crippen LogP contribution is -2.45. The van der Waals surface area contributed by atoms with Crippen molar-refractivity contribution in [2.75, 3.05) is 6.54 Å².